The van der Waals surface area contributed by atoms with Gasteiger partial charge >= 0.3 is 0 Å². The summed E-state index contributed by atoms with van der Waals surface area (Å²) in [5, 5.41) is 15.3. The summed E-state index contributed by atoms with van der Waals surface area (Å²) >= 11 is 0. The number of benzene rings is 2. The topological polar surface area (TPSA) is 99.6 Å². The highest BCUT2D eigenvalue weighted by Gasteiger charge is 2.20. The van der Waals surface area contributed by atoms with E-state index >= 15 is 0 Å². The van der Waals surface area contributed by atoms with Crippen molar-refractivity contribution in [3.05, 3.63) is 59.3 Å². The largest absolute Gasteiger partial charge is 0.392 e. The zero-order valence-electron chi connectivity index (χ0n) is 19.0. The fraction of sp³-hybridized carbons (Fsp3) is 0.375. The second-order valence-corrected chi connectivity index (χ2v) is 8.34. The highest BCUT2D eigenvalue weighted by molar-refractivity contribution is 5.98. The fourth-order valence-corrected chi connectivity index (χ4v) is 3.85. The number of amides is 1. The standard InChI is InChI=1S/C24H27F2N5O3/c1-14(32)12-28-24(33)16-7-20(15(2)29-19-10-17(25)9-18(26)11-19)23-21(8-16)27-13-22(30-23)31-3-5-34-6-4-31/h7-11,13-15,29,32H,3-6,12H2,1-2H3,(H,28,33)/t14-,15?/m1/s1. The Bertz CT molecular complexity index is 1160. The number of ether oxygens (including phenoxy) is 1. The van der Waals surface area contributed by atoms with Crippen LogP contribution in [0.5, 0.6) is 0 Å². The zero-order chi connectivity index (χ0) is 24.2. The van der Waals surface area contributed by atoms with E-state index in [4.69, 9.17) is 9.72 Å². The van der Waals surface area contributed by atoms with E-state index in [0.29, 0.717) is 54.3 Å². The molecule has 4 rings (SSSR count). The normalized spacial score (nSPS) is 15.7. The summed E-state index contributed by atoms with van der Waals surface area (Å²) in [5.74, 6) is -1.07. The van der Waals surface area contributed by atoms with Crippen molar-refractivity contribution in [3.63, 3.8) is 0 Å². The molecule has 0 radical (unpaired) electrons. The van der Waals surface area contributed by atoms with Crippen LogP contribution in [0.4, 0.5) is 20.3 Å². The van der Waals surface area contributed by atoms with Crippen molar-refractivity contribution < 1.29 is 23.4 Å². The van der Waals surface area contributed by atoms with Crippen molar-refractivity contribution in [2.75, 3.05) is 43.1 Å². The first-order valence-corrected chi connectivity index (χ1v) is 11.1. The number of carbonyl (C=O) groups excluding carboxylic acids is 1. The van der Waals surface area contributed by atoms with Gasteiger partial charge in [0.1, 0.15) is 17.5 Å². The maximum Gasteiger partial charge on any atom is 0.251 e. The van der Waals surface area contributed by atoms with Crippen molar-refractivity contribution in [2.24, 2.45) is 0 Å². The van der Waals surface area contributed by atoms with Crippen LogP contribution in [0.15, 0.2) is 36.5 Å². The molecule has 10 heteroatoms. The SMILES string of the molecule is CC(Nc1cc(F)cc(F)c1)c1cc(C(=O)NC[C@@H](C)O)cc2ncc(N3CCOCC3)nc12. The molecule has 2 atom stereocenters. The van der Waals surface area contributed by atoms with Gasteiger partial charge in [0.25, 0.3) is 5.91 Å². The highest BCUT2D eigenvalue weighted by atomic mass is 19.1. The van der Waals surface area contributed by atoms with Crippen LogP contribution >= 0.6 is 0 Å². The van der Waals surface area contributed by atoms with Crippen LogP contribution in [0.3, 0.4) is 0 Å². The number of rotatable bonds is 7. The van der Waals surface area contributed by atoms with Crippen LogP contribution in [0.2, 0.25) is 0 Å². The first-order valence-electron chi connectivity index (χ1n) is 11.1. The maximum atomic E-state index is 13.7. The van der Waals surface area contributed by atoms with Crippen LogP contribution in [0.1, 0.15) is 35.8 Å². The molecule has 180 valence electrons. The predicted molar refractivity (Wildman–Crippen MR) is 125 cm³/mol. The molecule has 2 aromatic carbocycles. The monoisotopic (exact) mass is 471 g/mol. The van der Waals surface area contributed by atoms with E-state index in [9.17, 15) is 18.7 Å². The minimum atomic E-state index is -0.694. The van der Waals surface area contributed by atoms with Gasteiger partial charge in [-0.05, 0) is 38.1 Å². The number of fused-ring (bicyclic) bond motifs is 1. The Morgan fingerprint density at radius 2 is 1.85 bits per heavy atom. The number of aliphatic hydroxyl groups excluding tert-OH is 1. The van der Waals surface area contributed by atoms with E-state index in [1.54, 1.807) is 25.3 Å². The lowest BCUT2D eigenvalue weighted by atomic mass is 10.0. The van der Waals surface area contributed by atoms with Gasteiger partial charge in [0.15, 0.2) is 0 Å². The van der Waals surface area contributed by atoms with Crippen molar-refractivity contribution in [2.45, 2.75) is 26.0 Å². The van der Waals surface area contributed by atoms with Gasteiger partial charge in [-0.1, -0.05) is 0 Å². The number of anilines is 2. The van der Waals surface area contributed by atoms with Crippen LogP contribution in [-0.2, 0) is 4.74 Å². The molecule has 3 aromatic rings. The summed E-state index contributed by atoms with van der Waals surface area (Å²) in [4.78, 5) is 24.2. The summed E-state index contributed by atoms with van der Waals surface area (Å²) in [7, 11) is 0. The number of halogens is 2. The van der Waals surface area contributed by atoms with Crippen molar-refractivity contribution in [3.8, 4) is 0 Å². The van der Waals surface area contributed by atoms with Crippen molar-refractivity contribution in [1.82, 2.24) is 15.3 Å². The van der Waals surface area contributed by atoms with E-state index in [1.807, 2.05) is 6.92 Å². The first-order chi connectivity index (χ1) is 16.3. The molecule has 1 aliphatic rings. The Morgan fingerprint density at radius 3 is 2.53 bits per heavy atom. The van der Waals surface area contributed by atoms with Crippen LogP contribution in [-0.4, -0.2) is 59.9 Å². The van der Waals surface area contributed by atoms with Gasteiger partial charge in [-0.15, -0.1) is 0 Å². The first kappa shape index (κ1) is 23.8. The molecule has 1 unspecified atom stereocenters. The van der Waals surface area contributed by atoms with E-state index < -0.39 is 23.8 Å². The molecule has 1 aliphatic heterocycles. The molecule has 1 aromatic heterocycles. The molecule has 0 spiro atoms. The third-order valence-electron chi connectivity index (χ3n) is 5.53. The third kappa shape index (κ3) is 5.57. The summed E-state index contributed by atoms with van der Waals surface area (Å²) < 4.78 is 32.9. The van der Waals surface area contributed by atoms with Crippen molar-refractivity contribution in [1.29, 1.82) is 0 Å². The number of aliphatic hydroxyl groups is 1. The fourth-order valence-electron chi connectivity index (χ4n) is 3.85. The molecule has 34 heavy (non-hydrogen) atoms. The molecule has 1 amide bonds. The minimum absolute atomic E-state index is 0.101. The van der Waals surface area contributed by atoms with Gasteiger partial charge < -0.3 is 25.4 Å². The van der Waals surface area contributed by atoms with Gasteiger partial charge in [0, 0.05) is 42.5 Å². The average molecular weight is 472 g/mol. The Kier molecular flexibility index (Phi) is 7.18. The third-order valence-corrected chi connectivity index (χ3v) is 5.53. The number of morpholine rings is 1. The lowest BCUT2D eigenvalue weighted by molar-refractivity contribution is 0.0924. The summed E-state index contributed by atoms with van der Waals surface area (Å²) in [6, 6.07) is 6.07. The molecule has 0 bridgehead atoms. The molecule has 8 nitrogen and oxygen atoms in total. The van der Waals surface area contributed by atoms with E-state index in [0.717, 1.165) is 6.07 Å². The number of hydrogen-bond acceptors (Lipinski definition) is 7. The Labute approximate surface area is 196 Å². The molecule has 1 saturated heterocycles. The summed E-state index contributed by atoms with van der Waals surface area (Å²) in [6.45, 7) is 6.06. The number of hydrogen-bond donors (Lipinski definition) is 3. The van der Waals surface area contributed by atoms with Gasteiger partial charge in [0.05, 0.1) is 42.6 Å². The van der Waals surface area contributed by atoms with Crippen LogP contribution in [0, 0.1) is 11.6 Å². The van der Waals surface area contributed by atoms with E-state index in [1.165, 1.54) is 12.1 Å². The van der Waals surface area contributed by atoms with Crippen molar-refractivity contribution >= 4 is 28.4 Å². The lowest BCUT2D eigenvalue weighted by Crippen LogP contribution is -2.36. The number of nitrogens with one attached hydrogen (secondary N) is 2. The second-order valence-electron chi connectivity index (χ2n) is 8.34. The van der Waals surface area contributed by atoms with Gasteiger partial charge in [-0.25, -0.2) is 13.8 Å². The van der Waals surface area contributed by atoms with E-state index in [2.05, 4.69) is 20.5 Å². The molecule has 0 aliphatic carbocycles. The molecule has 1 fully saturated rings. The Hall–Kier alpha value is -3.37. The predicted octanol–water partition coefficient (Wildman–Crippen LogP) is 3.03. The van der Waals surface area contributed by atoms with Gasteiger partial charge in [-0.3, -0.25) is 9.78 Å². The van der Waals surface area contributed by atoms with Crippen LogP contribution in [0.25, 0.3) is 11.0 Å². The highest BCUT2D eigenvalue weighted by Crippen LogP contribution is 2.29. The molecule has 2 heterocycles. The average Bonchev–Trinajstić information content (AvgIpc) is 2.81. The molecule has 0 saturated carbocycles. The van der Waals surface area contributed by atoms with Crippen LogP contribution < -0.4 is 15.5 Å². The van der Waals surface area contributed by atoms with Gasteiger partial charge in [-0.2, -0.15) is 0 Å². The quantitative estimate of drug-likeness (QED) is 0.487. The number of carbonyl (C=O) groups is 1. The summed E-state index contributed by atoms with van der Waals surface area (Å²) in [5.41, 5.74) is 2.34. The Morgan fingerprint density at radius 1 is 1.15 bits per heavy atom. The maximum absolute atomic E-state index is 13.7. The molecular formula is C24H27F2N5O3. The lowest BCUT2D eigenvalue weighted by Gasteiger charge is -2.28. The minimum Gasteiger partial charge on any atom is -0.392 e. The summed E-state index contributed by atoms with van der Waals surface area (Å²) in [6.07, 6.45) is 0.970. The second kappa shape index (κ2) is 10.3. The number of aromatic nitrogens is 2. The zero-order valence-corrected chi connectivity index (χ0v) is 19.0. The number of nitrogens with zero attached hydrogens (tertiary/aromatic N) is 3. The van der Waals surface area contributed by atoms with E-state index in [-0.39, 0.29) is 18.1 Å². The molecular weight excluding hydrogens is 444 g/mol. The smallest absolute Gasteiger partial charge is 0.251 e. The molecule has 3 N–H and O–H groups in total. The van der Waals surface area contributed by atoms with Gasteiger partial charge in [0.2, 0.25) is 0 Å². The Balaban J connectivity index is 1.74.